The van der Waals surface area contributed by atoms with E-state index in [0.717, 1.165) is 22.4 Å². The highest BCUT2D eigenvalue weighted by Gasteiger charge is 2.24. The summed E-state index contributed by atoms with van der Waals surface area (Å²) in [5.41, 5.74) is 9.00. The minimum Gasteiger partial charge on any atom is -0.366 e. The molecule has 5 nitrogen and oxygen atoms in total. The maximum Gasteiger partial charge on any atom is 0.250 e. The van der Waals surface area contributed by atoms with Crippen LogP contribution in [0.3, 0.4) is 0 Å². The first-order chi connectivity index (χ1) is 10.5. The number of hydrogen-bond donors (Lipinski definition) is 1. The van der Waals surface area contributed by atoms with Crippen molar-refractivity contribution in [2.45, 2.75) is 12.8 Å². The van der Waals surface area contributed by atoms with Gasteiger partial charge in [0.1, 0.15) is 0 Å². The topological polar surface area (TPSA) is 76.3 Å². The highest BCUT2D eigenvalue weighted by molar-refractivity contribution is 6.34. The number of rotatable bonds is 2. The van der Waals surface area contributed by atoms with E-state index in [1.54, 1.807) is 30.3 Å². The molecule has 0 saturated carbocycles. The van der Waals surface area contributed by atoms with Crippen molar-refractivity contribution in [2.75, 3.05) is 11.9 Å². The molecule has 2 amide bonds. The van der Waals surface area contributed by atoms with Crippen LogP contribution in [-0.4, -0.2) is 23.8 Å². The molecule has 2 heterocycles. The molecule has 0 unspecified atom stereocenters. The Morgan fingerprint density at radius 2 is 2.00 bits per heavy atom. The van der Waals surface area contributed by atoms with Crippen molar-refractivity contribution in [1.29, 1.82) is 0 Å². The van der Waals surface area contributed by atoms with Crippen LogP contribution in [0.15, 0.2) is 30.6 Å². The van der Waals surface area contributed by atoms with Gasteiger partial charge in [-0.15, -0.1) is 0 Å². The number of aromatic nitrogens is 1. The maximum absolute atomic E-state index is 11.8. The van der Waals surface area contributed by atoms with Gasteiger partial charge in [0.2, 0.25) is 11.8 Å². The van der Waals surface area contributed by atoms with E-state index in [0.29, 0.717) is 23.4 Å². The molecule has 0 aliphatic carbocycles. The minimum atomic E-state index is -0.524. The van der Waals surface area contributed by atoms with E-state index in [9.17, 15) is 9.59 Å². The molecule has 1 aromatic carbocycles. The van der Waals surface area contributed by atoms with Crippen molar-refractivity contribution in [1.82, 2.24) is 4.98 Å². The normalized spacial score (nSPS) is 13.9. The fourth-order valence-electron chi connectivity index (χ4n) is 2.66. The third kappa shape index (κ3) is 2.44. The van der Waals surface area contributed by atoms with Gasteiger partial charge < -0.3 is 10.6 Å². The summed E-state index contributed by atoms with van der Waals surface area (Å²) in [6, 6.07) is 5.44. The quantitative estimate of drug-likeness (QED) is 0.924. The average molecular weight is 316 g/mol. The number of benzene rings is 1. The summed E-state index contributed by atoms with van der Waals surface area (Å²) in [6.07, 6.45) is 4.19. The van der Waals surface area contributed by atoms with Crippen LogP contribution in [0.25, 0.3) is 11.1 Å². The van der Waals surface area contributed by atoms with Crippen LogP contribution in [0.4, 0.5) is 5.69 Å². The Bertz CT molecular complexity index is 789. The van der Waals surface area contributed by atoms with Gasteiger partial charge in [0.15, 0.2) is 0 Å². The van der Waals surface area contributed by atoms with Crippen LogP contribution in [0.5, 0.6) is 0 Å². The van der Waals surface area contributed by atoms with E-state index in [-0.39, 0.29) is 5.91 Å². The van der Waals surface area contributed by atoms with Gasteiger partial charge in [0, 0.05) is 31.4 Å². The molecule has 112 valence electrons. The number of fused-ring (bicyclic) bond motifs is 1. The lowest BCUT2D eigenvalue weighted by Crippen LogP contribution is -2.31. The minimum absolute atomic E-state index is 0.0551. The first kappa shape index (κ1) is 14.5. The van der Waals surface area contributed by atoms with E-state index in [2.05, 4.69) is 4.98 Å². The highest BCUT2D eigenvalue weighted by Crippen LogP contribution is 2.37. The number of hydrogen-bond acceptors (Lipinski definition) is 3. The molecule has 2 N–H and O–H groups in total. The molecule has 0 radical (unpaired) electrons. The Hall–Kier alpha value is -2.40. The van der Waals surface area contributed by atoms with Crippen molar-refractivity contribution in [3.63, 3.8) is 0 Å². The largest absolute Gasteiger partial charge is 0.366 e. The first-order valence-corrected chi connectivity index (χ1v) is 7.19. The van der Waals surface area contributed by atoms with Crippen LogP contribution < -0.4 is 10.6 Å². The zero-order chi connectivity index (χ0) is 15.9. The molecule has 0 atom stereocenters. The maximum atomic E-state index is 11.8. The molecular weight excluding hydrogens is 302 g/mol. The van der Waals surface area contributed by atoms with Crippen LogP contribution in [0.1, 0.15) is 22.3 Å². The molecule has 6 heteroatoms. The second-order valence-corrected chi connectivity index (χ2v) is 5.65. The number of aryl methyl sites for hydroxylation is 1. The van der Waals surface area contributed by atoms with Crippen LogP contribution >= 0.6 is 11.6 Å². The molecule has 0 bridgehead atoms. The zero-order valence-corrected chi connectivity index (χ0v) is 12.7. The number of carbonyl (C=O) groups excluding carboxylic acids is 2. The number of carbonyl (C=O) groups is 2. The SMILES string of the molecule is CN1C(=O)CCc2cc(-c3cncc(C(N)=O)c3)cc(Cl)c21. The van der Waals surface area contributed by atoms with Gasteiger partial charge in [-0.2, -0.15) is 0 Å². The monoisotopic (exact) mass is 315 g/mol. The summed E-state index contributed by atoms with van der Waals surface area (Å²) in [7, 11) is 1.72. The Labute approximate surface area is 132 Å². The molecule has 1 aliphatic heterocycles. The summed E-state index contributed by atoms with van der Waals surface area (Å²) >= 11 is 6.35. The number of amides is 2. The number of nitrogens with zero attached hydrogens (tertiary/aromatic N) is 2. The lowest BCUT2D eigenvalue weighted by molar-refractivity contribution is -0.118. The predicted octanol–water partition coefficient (Wildman–Crippen LogP) is 2.41. The summed E-state index contributed by atoms with van der Waals surface area (Å²) in [6.45, 7) is 0. The van der Waals surface area contributed by atoms with Gasteiger partial charge in [-0.1, -0.05) is 11.6 Å². The van der Waals surface area contributed by atoms with Gasteiger partial charge in [0.25, 0.3) is 0 Å². The van der Waals surface area contributed by atoms with Crippen molar-refractivity contribution < 1.29 is 9.59 Å². The lowest BCUT2D eigenvalue weighted by atomic mass is 9.96. The standard InChI is InChI=1S/C16H14ClN3O2/c1-20-14(21)3-2-9-4-10(6-13(17)15(9)20)11-5-12(16(18)22)8-19-7-11/h4-8H,2-3H2,1H3,(H2,18,22). The number of halogens is 1. The predicted molar refractivity (Wildman–Crippen MR) is 84.9 cm³/mol. The van der Waals surface area contributed by atoms with E-state index in [4.69, 9.17) is 17.3 Å². The van der Waals surface area contributed by atoms with Gasteiger partial charge in [0.05, 0.1) is 16.3 Å². The Kier molecular flexibility index (Phi) is 3.58. The van der Waals surface area contributed by atoms with Crippen LogP contribution in [0.2, 0.25) is 5.02 Å². The summed E-state index contributed by atoms with van der Waals surface area (Å²) in [5, 5.41) is 0.507. The summed E-state index contributed by atoms with van der Waals surface area (Å²) in [4.78, 5) is 28.7. The van der Waals surface area contributed by atoms with E-state index in [1.807, 2.05) is 6.07 Å². The molecule has 3 rings (SSSR count). The lowest BCUT2D eigenvalue weighted by Gasteiger charge is -2.27. The molecule has 1 aromatic heterocycles. The van der Waals surface area contributed by atoms with E-state index >= 15 is 0 Å². The number of nitrogens with two attached hydrogens (primary N) is 1. The Morgan fingerprint density at radius 3 is 2.73 bits per heavy atom. The van der Waals surface area contributed by atoms with Crippen molar-refractivity contribution >= 4 is 29.1 Å². The zero-order valence-electron chi connectivity index (χ0n) is 12.0. The smallest absolute Gasteiger partial charge is 0.250 e. The van der Waals surface area contributed by atoms with Gasteiger partial charge in [-0.3, -0.25) is 14.6 Å². The fraction of sp³-hybridized carbons (Fsp3) is 0.188. The van der Waals surface area contributed by atoms with Crippen molar-refractivity contribution in [3.8, 4) is 11.1 Å². The van der Waals surface area contributed by atoms with Crippen molar-refractivity contribution in [2.24, 2.45) is 5.73 Å². The summed E-state index contributed by atoms with van der Waals surface area (Å²) in [5.74, 6) is -0.469. The van der Waals surface area contributed by atoms with Crippen LogP contribution in [-0.2, 0) is 11.2 Å². The number of pyridine rings is 1. The molecule has 0 saturated heterocycles. The molecule has 2 aromatic rings. The highest BCUT2D eigenvalue weighted by atomic mass is 35.5. The fourth-order valence-corrected chi connectivity index (χ4v) is 3.02. The average Bonchev–Trinajstić information content (AvgIpc) is 2.50. The molecule has 22 heavy (non-hydrogen) atoms. The van der Waals surface area contributed by atoms with Gasteiger partial charge >= 0.3 is 0 Å². The number of anilines is 1. The Balaban J connectivity index is 2.11. The molecule has 0 fully saturated rings. The van der Waals surface area contributed by atoms with E-state index < -0.39 is 5.91 Å². The third-order valence-electron chi connectivity index (χ3n) is 3.82. The molecule has 1 aliphatic rings. The Morgan fingerprint density at radius 1 is 1.23 bits per heavy atom. The first-order valence-electron chi connectivity index (χ1n) is 6.81. The van der Waals surface area contributed by atoms with Crippen molar-refractivity contribution in [3.05, 3.63) is 46.7 Å². The molecule has 0 spiro atoms. The summed E-state index contributed by atoms with van der Waals surface area (Å²) < 4.78 is 0. The second kappa shape index (κ2) is 5.42. The van der Waals surface area contributed by atoms with Crippen LogP contribution in [0, 0.1) is 0 Å². The van der Waals surface area contributed by atoms with Gasteiger partial charge in [-0.25, -0.2) is 0 Å². The molecular formula is C16H14ClN3O2. The van der Waals surface area contributed by atoms with Gasteiger partial charge in [-0.05, 0) is 35.7 Å². The third-order valence-corrected chi connectivity index (χ3v) is 4.10. The second-order valence-electron chi connectivity index (χ2n) is 5.25. The number of primary amides is 1. The van der Waals surface area contributed by atoms with E-state index in [1.165, 1.54) is 6.20 Å².